The number of hydrogen-bond acceptors (Lipinski definition) is 2. The minimum atomic E-state index is -1.25. The third-order valence-corrected chi connectivity index (χ3v) is 10.5. The third kappa shape index (κ3) is 6.37. The van der Waals surface area contributed by atoms with E-state index in [0.717, 1.165) is 11.3 Å². The summed E-state index contributed by atoms with van der Waals surface area (Å²) in [7, 11) is -1.25. The van der Waals surface area contributed by atoms with Gasteiger partial charge in [0.15, 0.2) is 0 Å². The SMILES string of the molecule is C=C(c1ccc(CCC[Si](C)(C)N(CC)CC)cc1)c1ccc(SCC)cc1. The van der Waals surface area contributed by atoms with Crippen molar-refractivity contribution in [3.05, 3.63) is 71.8 Å². The Morgan fingerprint density at radius 2 is 1.43 bits per heavy atom. The molecule has 152 valence electrons. The van der Waals surface area contributed by atoms with Gasteiger partial charge >= 0.3 is 0 Å². The molecular weight excluding hydrogens is 374 g/mol. The lowest BCUT2D eigenvalue weighted by atomic mass is 9.98. The van der Waals surface area contributed by atoms with Gasteiger partial charge in [0, 0.05) is 4.90 Å². The van der Waals surface area contributed by atoms with Crippen LogP contribution in [-0.2, 0) is 6.42 Å². The summed E-state index contributed by atoms with van der Waals surface area (Å²) in [5.74, 6) is 1.11. The molecule has 0 bridgehead atoms. The van der Waals surface area contributed by atoms with Crippen LogP contribution in [0.1, 0.15) is 43.9 Å². The van der Waals surface area contributed by atoms with Gasteiger partial charge in [0.2, 0.25) is 0 Å². The van der Waals surface area contributed by atoms with E-state index in [1.807, 2.05) is 11.8 Å². The fourth-order valence-electron chi connectivity index (χ4n) is 3.92. The van der Waals surface area contributed by atoms with Crippen molar-refractivity contribution < 1.29 is 0 Å². The summed E-state index contributed by atoms with van der Waals surface area (Å²) in [5.41, 5.74) is 4.97. The third-order valence-electron chi connectivity index (χ3n) is 5.69. The molecule has 0 N–H and O–H groups in total. The zero-order chi connectivity index (χ0) is 20.6. The van der Waals surface area contributed by atoms with Crippen molar-refractivity contribution in [3.63, 3.8) is 0 Å². The number of aryl methyl sites for hydroxylation is 1. The van der Waals surface area contributed by atoms with Gasteiger partial charge < -0.3 is 4.57 Å². The number of rotatable bonds is 11. The second kappa shape index (κ2) is 11.0. The molecule has 2 rings (SSSR count). The Labute approximate surface area is 178 Å². The molecule has 28 heavy (non-hydrogen) atoms. The first-order chi connectivity index (χ1) is 13.4. The molecule has 0 aliphatic carbocycles. The summed E-state index contributed by atoms with van der Waals surface area (Å²) in [4.78, 5) is 1.32. The molecule has 0 aliphatic rings. The largest absolute Gasteiger partial charge is 0.324 e. The maximum atomic E-state index is 4.33. The van der Waals surface area contributed by atoms with Crippen molar-refractivity contribution in [1.29, 1.82) is 0 Å². The topological polar surface area (TPSA) is 3.24 Å². The van der Waals surface area contributed by atoms with E-state index in [4.69, 9.17) is 0 Å². The molecule has 3 heteroatoms. The number of hydrogen-bond donors (Lipinski definition) is 0. The Balaban J connectivity index is 1.93. The molecule has 0 heterocycles. The lowest BCUT2D eigenvalue weighted by Gasteiger charge is -2.35. The molecule has 2 aromatic carbocycles. The van der Waals surface area contributed by atoms with Crippen LogP contribution >= 0.6 is 11.8 Å². The summed E-state index contributed by atoms with van der Waals surface area (Å²) in [6, 6.07) is 19.2. The average Bonchev–Trinajstić information content (AvgIpc) is 2.69. The lowest BCUT2D eigenvalue weighted by Crippen LogP contribution is -2.48. The molecule has 0 aromatic heterocycles. The van der Waals surface area contributed by atoms with Gasteiger partial charge in [-0.15, -0.1) is 11.8 Å². The van der Waals surface area contributed by atoms with E-state index in [0.29, 0.717) is 0 Å². The van der Waals surface area contributed by atoms with E-state index < -0.39 is 8.24 Å². The van der Waals surface area contributed by atoms with Crippen LogP contribution in [-0.4, -0.2) is 31.6 Å². The maximum Gasteiger partial charge on any atom is 0.122 e. The summed E-state index contributed by atoms with van der Waals surface area (Å²) < 4.78 is 2.70. The van der Waals surface area contributed by atoms with E-state index in [1.54, 1.807) is 0 Å². The quantitative estimate of drug-likeness (QED) is 0.281. The molecule has 0 amide bonds. The van der Waals surface area contributed by atoms with Crippen molar-refractivity contribution in [3.8, 4) is 0 Å². The molecular formula is C25H37NSSi. The van der Waals surface area contributed by atoms with Gasteiger partial charge in [-0.1, -0.05) is 83.3 Å². The molecule has 0 fully saturated rings. The molecule has 0 aliphatic heterocycles. The van der Waals surface area contributed by atoms with Crippen LogP contribution in [0, 0.1) is 0 Å². The predicted octanol–water partition coefficient (Wildman–Crippen LogP) is 7.34. The molecule has 2 aromatic rings. The number of thioether (sulfide) groups is 1. The highest BCUT2D eigenvalue weighted by Gasteiger charge is 2.26. The molecule has 0 saturated heterocycles. The number of benzene rings is 2. The molecule has 0 atom stereocenters. The molecule has 0 saturated carbocycles. The van der Waals surface area contributed by atoms with Gasteiger partial charge in [-0.25, -0.2) is 0 Å². The van der Waals surface area contributed by atoms with Crippen LogP contribution < -0.4 is 0 Å². The standard InChI is InChI=1S/C25H37NSSi/c1-7-26(8-2)28(5,6)20-10-11-22-12-14-23(15-13-22)21(4)24-16-18-25(19-17-24)27-9-3/h12-19H,4,7-11,20H2,1-3,5-6H3. The Morgan fingerprint density at radius 3 is 1.93 bits per heavy atom. The zero-order valence-electron chi connectivity index (χ0n) is 18.4. The van der Waals surface area contributed by atoms with Crippen LogP contribution in [0.5, 0.6) is 0 Å². The van der Waals surface area contributed by atoms with Gasteiger partial charge in [0.05, 0.1) is 0 Å². The van der Waals surface area contributed by atoms with Crippen molar-refractivity contribution in [2.45, 2.75) is 57.6 Å². The highest BCUT2D eigenvalue weighted by molar-refractivity contribution is 7.99. The van der Waals surface area contributed by atoms with E-state index in [-0.39, 0.29) is 0 Å². The maximum absolute atomic E-state index is 4.33. The Kier molecular flexibility index (Phi) is 9.06. The van der Waals surface area contributed by atoms with Gasteiger partial charge in [-0.3, -0.25) is 0 Å². The molecule has 0 radical (unpaired) electrons. The molecule has 0 spiro atoms. The minimum absolute atomic E-state index is 1.11. The van der Waals surface area contributed by atoms with Crippen molar-refractivity contribution >= 4 is 25.6 Å². The fraction of sp³-hybridized carbons (Fsp3) is 0.440. The molecule has 0 unspecified atom stereocenters. The highest BCUT2D eigenvalue weighted by atomic mass is 32.2. The fourth-order valence-corrected chi connectivity index (χ4v) is 7.65. The van der Waals surface area contributed by atoms with E-state index in [9.17, 15) is 0 Å². The smallest absolute Gasteiger partial charge is 0.122 e. The van der Waals surface area contributed by atoms with Crippen molar-refractivity contribution in [1.82, 2.24) is 4.57 Å². The Hall–Kier alpha value is -1.29. The van der Waals surface area contributed by atoms with Crippen LogP contribution in [0.2, 0.25) is 19.1 Å². The van der Waals surface area contributed by atoms with E-state index in [1.165, 1.54) is 53.6 Å². The number of nitrogens with zero attached hydrogens (tertiary/aromatic N) is 1. The monoisotopic (exact) mass is 411 g/mol. The van der Waals surface area contributed by atoms with Crippen LogP contribution in [0.25, 0.3) is 5.57 Å². The van der Waals surface area contributed by atoms with Gasteiger partial charge in [0.1, 0.15) is 8.24 Å². The summed E-state index contributed by atoms with van der Waals surface area (Å²) >= 11 is 1.88. The highest BCUT2D eigenvalue weighted by Crippen LogP contribution is 2.26. The minimum Gasteiger partial charge on any atom is -0.324 e. The first-order valence-corrected chi connectivity index (χ1v) is 14.8. The summed E-state index contributed by atoms with van der Waals surface area (Å²) in [6.45, 7) is 18.5. The second-order valence-electron chi connectivity index (χ2n) is 7.97. The van der Waals surface area contributed by atoms with Gasteiger partial charge in [0.25, 0.3) is 0 Å². The van der Waals surface area contributed by atoms with Crippen molar-refractivity contribution in [2.75, 3.05) is 18.8 Å². The molecule has 1 nitrogen and oxygen atoms in total. The summed E-state index contributed by atoms with van der Waals surface area (Å²) in [5, 5.41) is 0. The first-order valence-electron chi connectivity index (χ1n) is 10.7. The Morgan fingerprint density at radius 1 is 0.893 bits per heavy atom. The normalized spacial score (nSPS) is 11.8. The van der Waals surface area contributed by atoms with Gasteiger partial charge in [-0.05, 0) is 65.7 Å². The summed E-state index contributed by atoms with van der Waals surface area (Å²) in [6.07, 6.45) is 2.46. The average molecular weight is 412 g/mol. The predicted molar refractivity (Wildman–Crippen MR) is 131 cm³/mol. The first kappa shape index (κ1) is 23.0. The van der Waals surface area contributed by atoms with Crippen molar-refractivity contribution in [2.24, 2.45) is 0 Å². The van der Waals surface area contributed by atoms with Crippen LogP contribution in [0.15, 0.2) is 60.0 Å². The van der Waals surface area contributed by atoms with E-state index >= 15 is 0 Å². The van der Waals surface area contributed by atoms with Gasteiger partial charge in [-0.2, -0.15) is 0 Å². The van der Waals surface area contributed by atoms with E-state index in [2.05, 4.69) is 93.5 Å². The Bertz CT molecular complexity index is 730. The lowest BCUT2D eigenvalue weighted by molar-refractivity contribution is 0.463. The zero-order valence-corrected chi connectivity index (χ0v) is 20.2. The van der Waals surface area contributed by atoms with Crippen LogP contribution in [0.4, 0.5) is 0 Å². The van der Waals surface area contributed by atoms with Crippen LogP contribution in [0.3, 0.4) is 0 Å². The second-order valence-corrected chi connectivity index (χ2v) is 14.1.